The lowest BCUT2D eigenvalue weighted by Crippen LogP contribution is -2.27. The van der Waals surface area contributed by atoms with Crippen LogP contribution in [0.5, 0.6) is 0 Å². The number of hydrogen-bond acceptors (Lipinski definition) is 5. The molecule has 0 amide bonds. The van der Waals surface area contributed by atoms with Crippen molar-refractivity contribution in [3.05, 3.63) is 96.1 Å². The summed E-state index contributed by atoms with van der Waals surface area (Å²) >= 11 is 0. The van der Waals surface area contributed by atoms with Gasteiger partial charge in [0.2, 0.25) is 5.95 Å². The van der Waals surface area contributed by atoms with Crippen molar-refractivity contribution in [1.82, 2.24) is 19.7 Å². The normalized spacial score (nSPS) is 10.8. The zero-order chi connectivity index (χ0) is 20.8. The molecule has 0 saturated carbocycles. The predicted molar refractivity (Wildman–Crippen MR) is 121 cm³/mol. The predicted octanol–water partition coefficient (Wildman–Crippen LogP) is 4.06. The number of benzene rings is 2. The third kappa shape index (κ3) is 4.84. The van der Waals surface area contributed by atoms with E-state index in [1.54, 1.807) is 0 Å². The molecule has 4 rings (SSSR count). The standard InChI is InChI=1S/C24H26N6/c1-2-19-14-26-24(27-15-19)29(13-12-20-8-10-22(25)11-9-20)17-21-16-28-30(18-21)23-6-4-3-5-7-23/h3-11,14-16,18H,2,12-13,17,25H2,1H3. The number of hydrogen-bond donors (Lipinski definition) is 1. The number of anilines is 2. The molecule has 0 bridgehead atoms. The lowest BCUT2D eigenvalue weighted by atomic mass is 10.1. The van der Waals surface area contributed by atoms with E-state index in [0.717, 1.165) is 47.8 Å². The van der Waals surface area contributed by atoms with E-state index >= 15 is 0 Å². The highest BCUT2D eigenvalue weighted by Gasteiger charge is 2.13. The van der Waals surface area contributed by atoms with Gasteiger partial charge in [0.15, 0.2) is 0 Å². The van der Waals surface area contributed by atoms with Gasteiger partial charge < -0.3 is 10.6 Å². The fraction of sp³-hybridized carbons (Fsp3) is 0.208. The van der Waals surface area contributed by atoms with Gasteiger partial charge in [0, 0.05) is 42.9 Å². The number of nitrogens with zero attached hydrogens (tertiary/aromatic N) is 5. The van der Waals surface area contributed by atoms with Crippen molar-refractivity contribution in [3.63, 3.8) is 0 Å². The van der Waals surface area contributed by atoms with Gasteiger partial charge in [0.1, 0.15) is 0 Å². The Bertz CT molecular complexity index is 1060. The highest BCUT2D eigenvalue weighted by atomic mass is 15.3. The molecule has 0 spiro atoms. The number of para-hydroxylation sites is 1. The second kappa shape index (κ2) is 9.22. The van der Waals surface area contributed by atoms with E-state index in [1.165, 1.54) is 5.56 Å². The van der Waals surface area contributed by atoms with Crippen molar-refractivity contribution < 1.29 is 0 Å². The molecule has 0 saturated heterocycles. The summed E-state index contributed by atoms with van der Waals surface area (Å²) < 4.78 is 1.90. The van der Waals surface area contributed by atoms with Gasteiger partial charge in [-0.1, -0.05) is 37.3 Å². The van der Waals surface area contributed by atoms with E-state index in [-0.39, 0.29) is 0 Å². The molecular weight excluding hydrogens is 372 g/mol. The number of nitrogens with two attached hydrogens (primary N) is 1. The van der Waals surface area contributed by atoms with Crippen LogP contribution in [0.2, 0.25) is 0 Å². The highest BCUT2D eigenvalue weighted by Crippen LogP contribution is 2.16. The molecular formula is C24H26N6. The van der Waals surface area contributed by atoms with Crippen LogP contribution in [-0.2, 0) is 19.4 Å². The molecule has 0 aliphatic carbocycles. The summed E-state index contributed by atoms with van der Waals surface area (Å²) in [5.41, 5.74) is 11.1. The van der Waals surface area contributed by atoms with E-state index in [1.807, 2.05) is 65.7 Å². The molecule has 4 aromatic rings. The minimum Gasteiger partial charge on any atom is -0.399 e. The quantitative estimate of drug-likeness (QED) is 0.453. The van der Waals surface area contributed by atoms with Gasteiger partial charge in [-0.15, -0.1) is 0 Å². The fourth-order valence-corrected chi connectivity index (χ4v) is 3.28. The lowest BCUT2D eigenvalue weighted by Gasteiger charge is -2.22. The molecule has 0 fully saturated rings. The number of nitrogen functional groups attached to an aromatic ring is 1. The summed E-state index contributed by atoms with van der Waals surface area (Å²) in [5.74, 6) is 0.732. The Morgan fingerprint density at radius 3 is 2.30 bits per heavy atom. The first-order valence-corrected chi connectivity index (χ1v) is 10.2. The zero-order valence-corrected chi connectivity index (χ0v) is 17.1. The van der Waals surface area contributed by atoms with Crippen LogP contribution >= 0.6 is 0 Å². The van der Waals surface area contributed by atoms with Crippen LogP contribution in [0.3, 0.4) is 0 Å². The van der Waals surface area contributed by atoms with Gasteiger partial charge in [-0.25, -0.2) is 14.6 Å². The topological polar surface area (TPSA) is 72.9 Å². The first kappa shape index (κ1) is 19.6. The molecule has 0 unspecified atom stereocenters. The lowest BCUT2D eigenvalue weighted by molar-refractivity contribution is 0.749. The zero-order valence-electron chi connectivity index (χ0n) is 17.1. The average Bonchev–Trinajstić information content (AvgIpc) is 3.27. The molecule has 0 aliphatic heterocycles. The van der Waals surface area contributed by atoms with Crippen molar-refractivity contribution in [1.29, 1.82) is 0 Å². The van der Waals surface area contributed by atoms with Gasteiger partial charge in [0.25, 0.3) is 0 Å². The van der Waals surface area contributed by atoms with Crippen molar-refractivity contribution in [2.45, 2.75) is 26.3 Å². The van der Waals surface area contributed by atoms with Crippen LogP contribution in [-0.4, -0.2) is 26.3 Å². The average molecular weight is 399 g/mol. The van der Waals surface area contributed by atoms with E-state index in [9.17, 15) is 0 Å². The summed E-state index contributed by atoms with van der Waals surface area (Å²) in [5, 5.41) is 4.52. The maximum Gasteiger partial charge on any atom is 0.225 e. The molecule has 30 heavy (non-hydrogen) atoms. The van der Waals surface area contributed by atoms with Crippen LogP contribution in [0.15, 0.2) is 79.4 Å². The number of aromatic nitrogens is 4. The molecule has 0 atom stereocenters. The van der Waals surface area contributed by atoms with Crippen LogP contribution in [0.1, 0.15) is 23.6 Å². The maximum atomic E-state index is 5.81. The summed E-state index contributed by atoms with van der Waals surface area (Å²) in [6.07, 6.45) is 9.59. The van der Waals surface area contributed by atoms with Gasteiger partial charge in [-0.05, 0) is 48.2 Å². The largest absolute Gasteiger partial charge is 0.399 e. The highest BCUT2D eigenvalue weighted by molar-refractivity contribution is 5.40. The number of rotatable bonds is 8. The van der Waals surface area contributed by atoms with Crippen molar-refractivity contribution in [2.24, 2.45) is 0 Å². The molecule has 152 valence electrons. The van der Waals surface area contributed by atoms with Crippen molar-refractivity contribution >= 4 is 11.6 Å². The summed E-state index contributed by atoms with van der Waals surface area (Å²) in [7, 11) is 0. The van der Waals surface area contributed by atoms with Gasteiger partial charge in [-0.2, -0.15) is 5.10 Å². The smallest absolute Gasteiger partial charge is 0.225 e. The Labute approximate surface area is 177 Å². The second-order valence-corrected chi connectivity index (χ2v) is 7.29. The molecule has 0 radical (unpaired) electrons. The van der Waals surface area contributed by atoms with Crippen LogP contribution in [0.25, 0.3) is 5.69 Å². The first-order valence-electron chi connectivity index (χ1n) is 10.2. The Kier molecular flexibility index (Phi) is 6.03. The molecule has 2 heterocycles. The third-order valence-corrected chi connectivity index (χ3v) is 5.06. The fourth-order valence-electron chi connectivity index (χ4n) is 3.28. The van der Waals surface area contributed by atoms with Crippen LogP contribution in [0.4, 0.5) is 11.6 Å². The Morgan fingerprint density at radius 1 is 0.867 bits per heavy atom. The van der Waals surface area contributed by atoms with Gasteiger partial charge in [-0.3, -0.25) is 0 Å². The second-order valence-electron chi connectivity index (χ2n) is 7.29. The monoisotopic (exact) mass is 398 g/mol. The van der Waals surface area contributed by atoms with Gasteiger partial charge >= 0.3 is 0 Å². The van der Waals surface area contributed by atoms with Crippen LogP contribution < -0.4 is 10.6 Å². The Balaban J connectivity index is 1.53. The molecule has 0 aliphatic rings. The van der Waals surface area contributed by atoms with Gasteiger partial charge in [0.05, 0.1) is 11.9 Å². The molecule has 2 aromatic heterocycles. The van der Waals surface area contributed by atoms with E-state index < -0.39 is 0 Å². The molecule has 2 aromatic carbocycles. The van der Waals surface area contributed by atoms with E-state index in [4.69, 9.17) is 5.73 Å². The molecule has 2 N–H and O–H groups in total. The third-order valence-electron chi connectivity index (χ3n) is 5.06. The Morgan fingerprint density at radius 2 is 1.60 bits per heavy atom. The first-order chi connectivity index (χ1) is 14.7. The number of aryl methyl sites for hydroxylation is 1. The minimum atomic E-state index is 0.688. The molecule has 6 nitrogen and oxygen atoms in total. The van der Waals surface area contributed by atoms with Crippen LogP contribution in [0, 0.1) is 0 Å². The van der Waals surface area contributed by atoms with E-state index in [2.05, 4.69) is 45.2 Å². The summed E-state index contributed by atoms with van der Waals surface area (Å²) in [4.78, 5) is 11.4. The Hall–Kier alpha value is -3.67. The summed E-state index contributed by atoms with van der Waals surface area (Å²) in [6.45, 7) is 3.59. The van der Waals surface area contributed by atoms with E-state index in [0.29, 0.717) is 6.54 Å². The summed E-state index contributed by atoms with van der Waals surface area (Å²) in [6, 6.07) is 18.1. The minimum absolute atomic E-state index is 0.688. The molecule has 6 heteroatoms. The maximum absolute atomic E-state index is 5.81. The van der Waals surface area contributed by atoms with Crippen molar-refractivity contribution in [3.8, 4) is 5.69 Å². The SMILES string of the molecule is CCc1cnc(N(CCc2ccc(N)cc2)Cc2cnn(-c3ccccc3)c2)nc1. The van der Waals surface area contributed by atoms with Crippen molar-refractivity contribution in [2.75, 3.05) is 17.2 Å².